The standard InChI is InChI=1S/C16H24N2/c1-11-5-12-7-15(17(2)3)8-14-10-18(4)9-13(6-11)16(12)14/h5-6,14-15H,7-10H2,1-4H3. The van der Waals surface area contributed by atoms with E-state index in [1.807, 2.05) is 0 Å². The quantitative estimate of drug-likeness (QED) is 0.748. The van der Waals surface area contributed by atoms with Gasteiger partial charge in [0.25, 0.3) is 0 Å². The van der Waals surface area contributed by atoms with Crippen LogP contribution < -0.4 is 0 Å². The van der Waals surface area contributed by atoms with E-state index in [0.717, 1.165) is 12.5 Å². The van der Waals surface area contributed by atoms with Crippen molar-refractivity contribution in [3.63, 3.8) is 0 Å². The molecular formula is C16H24N2. The molecule has 2 aliphatic rings. The Hall–Kier alpha value is -0.860. The van der Waals surface area contributed by atoms with Crippen LogP contribution in [0, 0.1) is 6.92 Å². The van der Waals surface area contributed by atoms with Gasteiger partial charge in [0.1, 0.15) is 0 Å². The number of nitrogens with zero attached hydrogens (tertiary/aromatic N) is 2. The van der Waals surface area contributed by atoms with Crippen LogP contribution in [0.4, 0.5) is 0 Å². The first kappa shape index (κ1) is 12.2. The molecule has 0 radical (unpaired) electrons. The molecule has 3 rings (SSSR count). The third kappa shape index (κ3) is 1.98. The van der Waals surface area contributed by atoms with E-state index in [0.29, 0.717) is 6.04 Å². The zero-order valence-corrected chi connectivity index (χ0v) is 12.0. The topological polar surface area (TPSA) is 6.48 Å². The SMILES string of the molecule is Cc1cc2c3c(c1)CN(C)CC3CC(N(C)C)C2. The monoisotopic (exact) mass is 244 g/mol. The highest BCUT2D eigenvalue weighted by Crippen LogP contribution is 2.39. The maximum absolute atomic E-state index is 2.48. The molecule has 0 amide bonds. The van der Waals surface area contributed by atoms with Gasteiger partial charge in [0.15, 0.2) is 0 Å². The molecule has 1 aliphatic heterocycles. The van der Waals surface area contributed by atoms with Crippen molar-refractivity contribution in [1.29, 1.82) is 0 Å². The summed E-state index contributed by atoms with van der Waals surface area (Å²) in [6.07, 6.45) is 2.55. The maximum Gasteiger partial charge on any atom is 0.0233 e. The van der Waals surface area contributed by atoms with Gasteiger partial charge in [0.05, 0.1) is 0 Å². The van der Waals surface area contributed by atoms with Gasteiger partial charge in [-0.25, -0.2) is 0 Å². The number of hydrogen-bond acceptors (Lipinski definition) is 2. The zero-order valence-electron chi connectivity index (χ0n) is 12.0. The first-order valence-corrected chi connectivity index (χ1v) is 7.02. The van der Waals surface area contributed by atoms with Crippen LogP contribution in [0.5, 0.6) is 0 Å². The normalized spacial score (nSPS) is 27.4. The van der Waals surface area contributed by atoms with Crippen molar-refractivity contribution in [3.05, 3.63) is 34.4 Å². The second-order valence-corrected chi connectivity index (χ2v) is 6.45. The third-order valence-electron chi connectivity index (χ3n) is 4.62. The van der Waals surface area contributed by atoms with Crippen molar-refractivity contribution in [2.45, 2.75) is 38.3 Å². The van der Waals surface area contributed by atoms with Crippen molar-refractivity contribution < 1.29 is 0 Å². The van der Waals surface area contributed by atoms with Crippen molar-refractivity contribution in [2.75, 3.05) is 27.7 Å². The Labute approximate surface area is 111 Å². The summed E-state index contributed by atoms with van der Waals surface area (Å²) in [6, 6.07) is 5.54. The molecule has 0 N–H and O–H groups in total. The summed E-state index contributed by atoms with van der Waals surface area (Å²) < 4.78 is 0. The highest BCUT2D eigenvalue weighted by atomic mass is 15.1. The van der Waals surface area contributed by atoms with Gasteiger partial charge < -0.3 is 9.80 Å². The van der Waals surface area contributed by atoms with Gasteiger partial charge in [0.2, 0.25) is 0 Å². The minimum absolute atomic E-state index is 0.712. The fraction of sp³-hybridized carbons (Fsp3) is 0.625. The molecule has 0 aromatic heterocycles. The van der Waals surface area contributed by atoms with Gasteiger partial charge in [-0.3, -0.25) is 0 Å². The molecule has 1 aromatic carbocycles. The van der Waals surface area contributed by atoms with Crippen LogP contribution in [0.3, 0.4) is 0 Å². The summed E-state index contributed by atoms with van der Waals surface area (Å²) in [6.45, 7) is 4.60. The highest BCUT2D eigenvalue weighted by molar-refractivity contribution is 5.45. The molecule has 2 atom stereocenters. The summed E-state index contributed by atoms with van der Waals surface area (Å²) in [7, 11) is 6.70. The van der Waals surface area contributed by atoms with Crippen molar-refractivity contribution in [2.24, 2.45) is 0 Å². The summed E-state index contributed by atoms with van der Waals surface area (Å²) in [5.74, 6) is 0.746. The van der Waals surface area contributed by atoms with Crippen LogP contribution in [0.1, 0.15) is 34.6 Å². The molecule has 1 heterocycles. The van der Waals surface area contributed by atoms with Gasteiger partial charge in [0, 0.05) is 19.1 Å². The van der Waals surface area contributed by atoms with Crippen LogP contribution in [0.25, 0.3) is 0 Å². The summed E-state index contributed by atoms with van der Waals surface area (Å²) in [5, 5.41) is 0. The Bertz CT molecular complexity index is 464. The van der Waals surface area contributed by atoms with E-state index in [-0.39, 0.29) is 0 Å². The fourth-order valence-electron chi connectivity index (χ4n) is 3.85. The third-order valence-corrected chi connectivity index (χ3v) is 4.62. The Morgan fingerprint density at radius 3 is 2.67 bits per heavy atom. The van der Waals surface area contributed by atoms with Gasteiger partial charge in [-0.2, -0.15) is 0 Å². The van der Waals surface area contributed by atoms with Crippen molar-refractivity contribution >= 4 is 0 Å². The molecule has 98 valence electrons. The molecule has 2 nitrogen and oxygen atoms in total. The number of likely N-dealkylation sites (N-methyl/N-ethyl adjacent to an activating group) is 2. The van der Waals surface area contributed by atoms with Gasteiger partial charge >= 0.3 is 0 Å². The molecule has 2 heteroatoms. The lowest BCUT2D eigenvalue weighted by atomic mass is 9.75. The lowest BCUT2D eigenvalue weighted by molar-refractivity contribution is 0.205. The summed E-state index contributed by atoms with van der Waals surface area (Å²) >= 11 is 0. The minimum atomic E-state index is 0.712. The predicted molar refractivity (Wildman–Crippen MR) is 76.1 cm³/mol. The van der Waals surface area contributed by atoms with E-state index in [9.17, 15) is 0 Å². The minimum Gasteiger partial charge on any atom is -0.306 e. The molecule has 0 bridgehead atoms. The van der Waals surface area contributed by atoms with Crippen LogP contribution in [0.2, 0.25) is 0 Å². The van der Waals surface area contributed by atoms with Gasteiger partial charge in [-0.1, -0.05) is 17.7 Å². The van der Waals surface area contributed by atoms with E-state index in [2.05, 4.69) is 50.0 Å². The molecule has 18 heavy (non-hydrogen) atoms. The Balaban J connectivity index is 2.06. The maximum atomic E-state index is 2.48. The van der Waals surface area contributed by atoms with Crippen LogP contribution in [0.15, 0.2) is 12.1 Å². The number of hydrogen-bond donors (Lipinski definition) is 0. The Morgan fingerprint density at radius 1 is 1.22 bits per heavy atom. The van der Waals surface area contributed by atoms with Crippen molar-refractivity contribution in [3.8, 4) is 0 Å². The molecule has 0 spiro atoms. The Morgan fingerprint density at radius 2 is 1.94 bits per heavy atom. The summed E-state index contributed by atoms with van der Waals surface area (Å²) in [4.78, 5) is 4.88. The second kappa shape index (κ2) is 4.36. The van der Waals surface area contributed by atoms with Crippen LogP contribution in [-0.4, -0.2) is 43.5 Å². The smallest absolute Gasteiger partial charge is 0.0233 e. The zero-order chi connectivity index (χ0) is 12.9. The first-order valence-electron chi connectivity index (χ1n) is 7.02. The predicted octanol–water partition coefficient (Wildman–Crippen LogP) is 2.40. The molecule has 0 saturated heterocycles. The van der Waals surface area contributed by atoms with Crippen LogP contribution in [-0.2, 0) is 13.0 Å². The first-order chi connectivity index (χ1) is 8.54. The number of aryl methyl sites for hydroxylation is 1. The molecule has 0 saturated carbocycles. The van der Waals surface area contributed by atoms with Gasteiger partial charge in [-0.15, -0.1) is 0 Å². The summed E-state index contributed by atoms with van der Waals surface area (Å²) in [5.41, 5.74) is 6.32. The average molecular weight is 244 g/mol. The average Bonchev–Trinajstić information content (AvgIpc) is 2.26. The molecular weight excluding hydrogens is 220 g/mol. The molecule has 1 aromatic rings. The fourth-order valence-corrected chi connectivity index (χ4v) is 3.85. The molecule has 0 fully saturated rings. The lowest BCUT2D eigenvalue weighted by Gasteiger charge is -2.41. The highest BCUT2D eigenvalue weighted by Gasteiger charge is 2.33. The second-order valence-electron chi connectivity index (χ2n) is 6.45. The van der Waals surface area contributed by atoms with E-state index in [1.54, 1.807) is 16.7 Å². The molecule has 1 aliphatic carbocycles. The van der Waals surface area contributed by atoms with Gasteiger partial charge in [-0.05, 0) is 63.5 Å². The van der Waals surface area contributed by atoms with E-state index < -0.39 is 0 Å². The Kier molecular flexibility index (Phi) is 2.95. The number of benzene rings is 1. The van der Waals surface area contributed by atoms with Crippen molar-refractivity contribution in [1.82, 2.24) is 9.80 Å². The van der Waals surface area contributed by atoms with E-state index in [1.165, 1.54) is 24.9 Å². The largest absolute Gasteiger partial charge is 0.306 e. The van der Waals surface area contributed by atoms with Crippen LogP contribution >= 0.6 is 0 Å². The molecule has 2 unspecified atom stereocenters. The van der Waals surface area contributed by atoms with E-state index in [4.69, 9.17) is 0 Å². The lowest BCUT2D eigenvalue weighted by Crippen LogP contribution is -2.41. The number of rotatable bonds is 1. The van der Waals surface area contributed by atoms with E-state index >= 15 is 0 Å².